The number of amides is 4. The van der Waals surface area contributed by atoms with Crippen LogP contribution in [-0.4, -0.2) is 42.4 Å². The monoisotopic (exact) mass is 412 g/mol. The summed E-state index contributed by atoms with van der Waals surface area (Å²) in [6.45, 7) is 1.08. The number of nitrogens with zero attached hydrogens (tertiary/aromatic N) is 1. The fourth-order valence-corrected chi connectivity index (χ4v) is 3.27. The minimum absolute atomic E-state index is 0.0356. The van der Waals surface area contributed by atoms with Gasteiger partial charge in [-0.3, -0.25) is 9.59 Å². The number of benzene rings is 2. The highest BCUT2D eigenvalue weighted by Crippen LogP contribution is 2.19. The summed E-state index contributed by atoms with van der Waals surface area (Å²) in [5.74, 6) is -0.697. The molecule has 0 saturated carbocycles. The third kappa shape index (κ3) is 6.30. The minimum Gasteiger partial charge on any atom is -0.341 e. The lowest BCUT2D eigenvalue weighted by Crippen LogP contribution is -2.47. The van der Waals surface area contributed by atoms with Gasteiger partial charge in [-0.05, 0) is 42.7 Å². The fraction of sp³-hybridized carbons (Fsp3) is 0.318. The van der Waals surface area contributed by atoms with Gasteiger partial charge in [0, 0.05) is 31.2 Å². The van der Waals surface area contributed by atoms with Crippen molar-refractivity contribution in [3.63, 3.8) is 0 Å². The molecule has 1 saturated heterocycles. The molecule has 1 fully saturated rings. The van der Waals surface area contributed by atoms with Crippen LogP contribution in [0.4, 0.5) is 14.9 Å². The number of hydrogen-bond donors (Lipinski definition) is 3. The number of anilines is 1. The Kier molecular flexibility index (Phi) is 7.37. The number of urea groups is 1. The number of rotatable bonds is 6. The van der Waals surface area contributed by atoms with E-state index < -0.39 is 6.03 Å². The van der Waals surface area contributed by atoms with E-state index in [-0.39, 0.29) is 36.6 Å². The summed E-state index contributed by atoms with van der Waals surface area (Å²) in [7, 11) is 0. The average Bonchev–Trinajstić information content (AvgIpc) is 2.78. The third-order valence-corrected chi connectivity index (χ3v) is 5.03. The van der Waals surface area contributed by atoms with Crippen molar-refractivity contribution < 1.29 is 18.8 Å². The van der Waals surface area contributed by atoms with E-state index in [9.17, 15) is 18.8 Å². The van der Waals surface area contributed by atoms with Crippen molar-refractivity contribution in [2.45, 2.75) is 19.4 Å². The van der Waals surface area contributed by atoms with Crippen LogP contribution >= 0.6 is 0 Å². The van der Waals surface area contributed by atoms with Crippen LogP contribution in [0.2, 0.25) is 0 Å². The molecule has 158 valence electrons. The molecule has 0 atom stereocenters. The topological polar surface area (TPSA) is 90.5 Å². The summed E-state index contributed by atoms with van der Waals surface area (Å²) in [5, 5.41) is 8.06. The summed E-state index contributed by atoms with van der Waals surface area (Å²) in [6, 6.07) is 14.6. The predicted octanol–water partition coefficient (Wildman–Crippen LogP) is 2.50. The summed E-state index contributed by atoms with van der Waals surface area (Å²) in [6.07, 6.45) is 1.17. The van der Waals surface area contributed by atoms with E-state index in [0.29, 0.717) is 25.9 Å². The molecule has 1 heterocycles. The maximum Gasteiger partial charge on any atom is 0.315 e. The first kappa shape index (κ1) is 21.3. The van der Waals surface area contributed by atoms with Gasteiger partial charge in [-0.1, -0.05) is 30.3 Å². The van der Waals surface area contributed by atoms with Crippen molar-refractivity contribution in [1.82, 2.24) is 15.5 Å². The van der Waals surface area contributed by atoms with E-state index >= 15 is 0 Å². The number of nitrogens with one attached hydrogen (secondary N) is 3. The Morgan fingerprint density at radius 1 is 0.933 bits per heavy atom. The van der Waals surface area contributed by atoms with Crippen molar-refractivity contribution in [2.24, 2.45) is 5.92 Å². The van der Waals surface area contributed by atoms with Gasteiger partial charge in [0.05, 0.1) is 6.54 Å². The largest absolute Gasteiger partial charge is 0.341 e. The first-order chi connectivity index (χ1) is 14.5. The van der Waals surface area contributed by atoms with Gasteiger partial charge in [-0.15, -0.1) is 0 Å². The summed E-state index contributed by atoms with van der Waals surface area (Å²) < 4.78 is 12.9. The lowest BCUT2D eigenvalue weighted by atomic mass is 9.95. The summed E-state index contributed by atoms with van der Waals surface area (Å²) in [4.78, 5) is 38.2. The minimum atomic E-state index is -0.468. The van der Waals surface area contributed by atoms with E-state index in [1.165, 1.54) is 12.1 Å². The van der Waals surface area contributed by atoms with Crippen LogP contribution in [0.5, 0.6) is 0 Å². The molecule has 4 amide bonds. The van der Waals surface area contributed by atoms with Gasteiger partial charge in [0.25, 0.3) is 0 Å². The Hall–Kier alpha value is -3.42. The average molecular weight is 412 g/mol. The van der Waals surface area contributed by atoms with Gasteiger partial charge in [0.15, 0.2) is 0 Å². The molecular formula is C22H25FN4O3. The zero-order chi connectivity index (χ0) is 21.3. The summed E-state index contributed by atoms with van der Waals surface area (Å²) in [5.41, 5.74) is 1.52. The predicted molar refractivity (Wildman–Crippen MR) is 111 cm³/mol. The van der Waals surface area contributed by atoms with Crippen LogP contribution in [0.25, 0.3) is 0 Å². The third-order valence-electron chi connectivity index (χ3n) is 5.03. The molecule has 0 aliphatic carbocycles. The lowest BCUT2D eigenvalue weighted by Gasteiger charge is -2.31. The van der Waals surface area contributed by atoms with Crippen molar-refractivity contribution in [2.75, 3.05) is 25.0 Å². The van der Waals surface area contributed by atoms with E-state index in [1.807, 2.05) is 30.3 Å². The molecule has 30 heavy (non-hydrogen) atoms. The van der Waals surface area contributed by atoms with Crippen molar-refractivity contribution in [3.8, 4) is 0 Å². The SMILES string of the molecule is O=C(NCC(=O)N1CCC(C(=O)Nc2ccccc2)CC1)NCc1ccc(F)cc1. The summed E-state index contributed by atoms with van der Waals surface area (Å²) >= 11 is 0. The Morgan fingerprint density at radius 2 is 1.60 bits per heavy atom. The first-order valence-corrected chi connectivity index (χ1v) is 9.91. The Labute approximate surface area is 174 Å². The molecule has 0 unspecified atom stereocenters. The number of carbonyl (C=O) groups is 3. The van der Waals surface area contributed by atoms with Gasteiger partial charge in [-0.25, -0.2) is 9.18 Å². The maximum absolute atomic E-state index is 12.9. The highest BCUT2D eigenvalue weighted by molar-refractivity contribution is 5.92. The van der Waals surface area contributed by atoms with Gasteiger partial charge in [0.1, 0.15) is 5.82 Å². The van der Waals surface area contributed by atoms with Crippen LogP contribution in [0.15, 0.2) is 54.6 Å². The number of para-hydroxylation sites is 1. The van der Waals surface area contributed by atoms with Crippen LogP contribution in [0.1, 0.15) is 18.4 Å². The lowest BCUT2D eigenvalue weighted by molar-refractivity contribution is -0.133. The van der Waals surface area contributed by atoms with Crippen LogP contribution in [-0.2, 0) is 16.1 Å². The zero-order valence-electron chi connectivity index (χ0n) is 16.6. The highest BCUT2D eigenvalue weighted by atomic mass is 19.1. The quantitative estimate of drug-likeness (QED) is 0.681. The molecule has 2 aromatic carbocycles. The number of halogens is 1. The van der Waals surface area contributed by atoms with Crippen LogP contribution in [0.3, 0.4) is 0 Å². The Bertz CT molecular complexity index is 866. The van der Waals surface area contributed by atoms with E-state index in [0.717, 1.165) is 11.3 Å². The number of carbonyl (C=O) groups excluding carboxylic acids is 3. The van der Waals surface area contributed by atoms with Crippen molar-refractivity contribution in [3.05, 3.63) is 66.0 Å². The van der Waals surface area contributed by atoms with E-state index in [2.05, 4.69) is 16.0 Å². The standard InChI is InChI=1S/C22H25FN4O3/c23-18-8-6-16(7-9-18)14-24-22(30)25-15-20(28)27-12-10-17(11-13-27)21(29)26-19-4-2-1-3-5-19/h1-9,17H,10-15H2,(H,26,29)(H2,24,25,30). The Balaban J connectivity index is 1.35. The fourth-order valence-electron chi connectivity index (χ4n) is 3.27. The zero-order valence-corrected chi connectivity index (χ0v) is 16.6. The number of piperidine rings is 1. The number of hydrogen-bond acceptors (Lipinski definition) is 3. The second-order valence-corrected chi connectivity index (χ2v) is 7.17. The maximum atomic E-state index is 12.9. The normalized spacial score (nSPS) is 14.1. The van der Waals surface area contributed by atoms with Gasteiger partial charge >= 0.3 is 6.03 Å². The van der Waals surface area contributed by atoms with Crippen LogP contribution in [0, 0.1) is 11.7 Å². The van der Waals surface area contributed by atoms with Gasteiger partial charge < -0.3 is 20.9 Å². The Morgan fingerprint density at radius 3 is 2.27 bits per heavy atom. The second-order valence-electron chi connectivity index (χ2n) is 7.17. The molecule has 8 heteroatoms. The highest BCUT2D eigenvalue weighted by Gasteiger charge is 2.27. The molecule has 7 nitrogen and oxygen atoms in total. The van der Waals surface area contributed by atoms with E-state index in [1.54, 1.807) is 17.0 Å². The molecular weight excluding hydrogens is 387 g/mol. The molecule has 0 bridgehead atoms. The molecule has 3 rings (SSSR count). The molecule has 3 N–H and O–H groups in total. The van der Waals surface area contributed by atoms with Crippen molar-refractivity contribution in [1.29, 1.82) is 0 Å². The molecule has 0 spiro atoms. The van der Waals surface area contributed by atoms with Crippen LogP contribution < -0.4 is 16.0 Å². The number of likely N-dealkylation sites (tertiary alicyclic amines) is 1. The van der Waals surface area contributed by atoms with Gasteiger partial charge in [0.2, 0.25) is 11.8 Å². The smallest absolute Gasteiger partial charge is 0.315 e. The molecule has 0 aromatic heterocycles. The van der Waals surface area contributed by atoms with E-state index in [4.69, 9.17) is 0 Å². The van der Waals surface area contributed by atoms with Gasteiger partial charge in [-0.2, -0.15) is 0 Å². The van der Waals surface area contributed by atoms with Crippen molar-refractivity contribution >= 4 is 23.5 Å². The second kappa shape index (κ2) is 10.4. The molecule has 1 aliphatic rings. The molecule has 0 radical (unpaired) electrons. The first-order valence-electron chi connectivity index (χ1n) is 9.91. The molecule has 1 aliphatic heterocycles. The molecule has 2 aromatic rings.